The van der Waals surface area contributed by atoms with E-state index in [0.717, 1.165) is 31.9 Å². The number of hydrogen-bond acceptors (Lipinski definition) is 5. The lowest BCUT2D eigenvalue weighted by molar-refractivity contribution is 0.0235. The van der Waals surface area contributed by atoms with Gasteiger partial charge in [0, 0.05) is 19.6 Å². The lowest BCUT2D eigenvalue weighted by Crippen LogP contribution is -2.43. The van der Waals surface area contributed by atoms with Gasteiger partial charge in [-0.25, -0.2) is 0 Å². The molecule has 1 fully saturated rings. The van der Waals surface area contributed by atoms with Gasteiger partial charge in [0.1, 0.15) is 12.7 Å². The van der Waals surface area contributed by atoms with Gasteiger partial charge in [0.05, 0.1) is 18.9 Å². The van der Waals surface area contributed by atoms with Gasteiger partial charge in [-0.15, -0.1) is 0 Å². The average molecular weight is 292 g/mol. The van der Waals surface area contributed by atoms with Crippen LogP contribution in [0.3, 0.4) is 0 Å². The lowest BCUT2D eigenvalue weighted by atomic mass is 10.1. The molecule has 0 saturated carbocycles. The van der Waals surface area contributed by atoms with Gasteiger partial charge < -0.3 is 14.7 Å². The Kier molecular flexibility index (Phi) is 6.66. The Morgan fingerprint density at radius 2 is 2.05 bits per heavy atom. The summed E-state index contributed by atoms with van der Waals surface area (Å²) in [7, 11) is 0. The van der Waals surface area contributed by atoms with Crippen LogP contribution in [0.5, 0.6) is 0 Å². The summed E-state index contributed by atoms with van der Waals surface area (Å²) in [5.41, 5.74) is 1.76. The number of β-amino-alcohol motifs (C(OH)–C–C–N with tert-alkyl or cyclic N) is 1. The van der Waals surface area contributed by atoms with E-state index in [9.17, 15) is 5.11 Å². The van der Waals surface area contributed by atoms with E-state index in [1.54, 1.807) is 0 Å². The molecule has 2 rings (SSSR count). The van der Waals surface area contributed by atoms with E-state index in [0.29, 0.717) is 25.3 Å². The summed E-state index contributed by atoms with van der Waals surface area (Å²) >= 11 is 0. The third-order valence-electron chi connectivity index (χ3n) is 3.54. The normalized spacial score (nSPS) is 18.5. The van der Waals surface area contributed by atoms with Crippen molar-refractivity contribution in [1.82, 2.24) is 4.90 Å². The minimum absolute atomic E-state index is 0.425. The zero-order valence-corrected chi connectivity index (χ0v) is 12.6. The van der Waals surface area contributed by atoms with Gasteiger partial charge in [-0.3, -0.25) is 4.90 Å². The predicted molar refractivity (Wildman–Crippen MR) is 82.2 cm³/mol. The number of oxime groups is 1. The van der Waals surface area contributed by atoms with Crippen molar-refractivity contribution in [2.75, 3.05) is 32.8 Å². The number of morpholine rings is 1. The molecule has 1 N–H and O–H groups in total. The summed E-state index contributed by atoms with van der Waals surface area (Å²) in [6.07, 6.45) is 0.101. The van der Waals surface area contributed by atoms with Gasteiger partial charge in [0.2, 0.25) is 0 Å². The summed E-state index contributed by atoms with van der Waals surface area (Å²) in [5.74, 6) is 0. The first-order chi connectivity index (χ1) is 10.3. The molecule has 1 atom stereocenters. The molecule has 1 saturated heterocycles. The second-order valence-corrected chi connectivity index (χ2v) is 5.12. The summed E-state index contributed by atoms with van der Waals surface area (Å²) in [4.78, 5) is 7.56. The summed E-state index contributed by atoms with van der Waals surface area (Å²) in [5, 5.41) is 14.4. The highest BCUT2D eigenvalue weighted by atomic mass is 16.6. The molecular weight excluding hydrogens is 268 g/mol. The van der Waals surface area contributed by atoms with Crippen LogP contribution >= 0.6 is 0 Å². The van der Waals surface area contributed by atoms with E-state index in [-0.39, 0.29) is 0 Å². The predicted octanol–water partition coefficient (Wildman–Crippen LogP) is 1.66. The highest BCUT2D eigenvalue weighted by molar-refractivity contribution is 5.88. The second kappa shape index (κ2) is 8.77. The maximum atomic E-state index is 10.3. The fourth-order valence-corrected chi connectivity index (χ4v) is 2.26. The number of hydrogen-bond donors (Lipinski definition) is 1. The molecule has 0 aliphatic carbocycles. The van der Waals surface area contributed by atoms with Crippen LogP contribution in [0.2, 0.25) is 0 Å². The zero-order valence-electron chi connectivity index (χ0n) is 12.6. The van der Waals surface area contributed by atoms with Gasteiger partial charge in [-0.2, -0.15) is 0 Å². The third-order valence-corrected chi connectivity index (χ3v) is 3.54. The number of rotatable bonds is 7. The lowest BCUT2D eigenvalue weighted by Gasteiger charge is -2.28. The van der Waals surface area contributed by atoms with Gasteiger partial charge in [-0.1, -0.05) is 42.4 Å². The Bertz CT molecular complexity index is 430. The Morgan fingerprint density at radius 1 is 1.33 bits per heavy atom. The van der Waals surface area contributed by atoms with Crippen molar-refractivity contribution in [3.8, 4) is 0 Å². The molecule has 116 valence electrons. The van der Waals surface area contributed by atoms with E-state index in [1.807, 2.05) is 37.3 Å². The summed E-state index contributed by atoms with van der Waals surface area (Å²) in [6.45, 7) is 6.18. The number of benzene rings is 1. The molecule has 5 nitrogen and oxygen atoms in total. The van der Waals surface area contributed by atoms with E-state index in [2.05, 4.69) is 10.1 Å². The maximum Gasteiger partial charge on any atom is 0.142 e. The minimum atomic E-state index is -0.580. The fourth-order valence-electron chi connectivity index (χ4n) is 2.26. The molecule has 0 radical (unpaired) electrons. The summed E-state index contributed by atoms with van der Waals surface area (Å²) < 4.78 is 5.30. The van der Waals surface area contributed by atoms with Crippen molar-refractivity contribution in [2.24, 2.45) is 5.16 Å². The molecule has 5 heteroatoms. The standard InChI is InChI=1S/C16H24N2O3/c1-2-15(16(19)12-18-8-10-20-11-9-18)17-21-13-14-6-4-3-5-7-14/h3-7,16,19H,2,8-13H2,1H3. The Balaban J connectivity index is 1.81. The summed E-state index contributed by atoms with van der Waals surface area (Å²) in [6, 6.07) is 9.89. The molecule has 0 aromatic heterocycles. The van der Waals surface area contributed by atoms with Crippen molar-refractivity contribution in [3.05, 3.63) is 35.9 Å². The SMILES string of the molecule is CCC(=NOCc1ccccc1)C(O)CN1CCOCC1. The number of ether oxygens (including phenoxy) is 1. The van der Waals surface area contributed by atoms with E-state index in [1.165, 1.54) is 0 Å². The van der Waals surface area contributed by atoms with Crippen LogP contribution in [0.4, 0.5) is 0 Å². The number of aliphatic hydroxyl groups excluding tert-OH is 1. The monoisotopic (exact) mass is 292 g/mol. The quantitative estimate of drug-likeness (QED) is 0.613. The smallest absolute Gasteiger partial charge is 0.142 e. The molecule has 0 bridgehead atoms. The van der Waals surface area contributed by atoms with Gasteiger partial charge in [0.15, 0.2) is 0 Å². The maximum absolute atomic E-state index is 10.3. The molecule has 1 aliphatic heterocycles. The van der Waals surface area contributed by atoms with Crippen LogP contribution in [0.1, 0.15) is 18.9 Å². The molecule has 0 spiro atoms. The van der Waals surface area contributed by atoms with Crippen LogP contribution in [-0.2, 0) is 16.2 Å². The fraction of sp³-hybridized carbons (Fsp3) is 0.562. The molecule has 0 amide bonds. The van der Waals surface area contributed by atoms with Crippen molar-refractivity contribution in [1.29, 1.82) is 0 Å². The molecule has 1 aromatic carbocycles. The van der Waals surface area contributed by atoms with Crippen LogP contribution in [0.25, 0.3) is 0 Å². The van der Waals surface area contributed by atoms with Crippen molar-refractivity contribution in [2.45, 2.75) is 26.1 Å². The third kappa shape index (κ3) is 5.46. The van der Waals surface area contributed by atoms with Crippen molar-refractivity contribution in [3.63, 3.8) is 0 Å². The molecule has 1 aromatic rings. The Morgan fingerprint density at radius 3 is 2.71 bits per heavy atom. The van der Waals surface area contributed by atoms with E-state index < -0.39 is 6.10 Å². The van der Waals surface area contributed by atoms with Crippen LogP contribution < -0.4 is 0 Å². The topological polar surface area (TPSA) is 54.3 Å². The van der Waals surface area contributed by atoms with Crippen molar-refractivity contribution < 1.29 is 14.7 Å². The van der Waals surface area contributed by atoms with Gasteiger partial charge in [0.25, 0.3) is 0 Å². The van der Waals surface area contributed by atoms with Crippen LogP contribution in [0, 0.1) is 0 Å². The van der Waals surface area contributed by atoms with Crippen molar-refractivity contribution >= 4 is 5.71 Å². The first kappa shape index (κ1) is 15.9. The number of aliphatic hydroxyl groups is 1. The van der Waals surface area contributed by atoms with E-state index in [4.69, 9.17) is 9.57 Å². The first-order valence-electron chi connectivity index (χ1n) is 7.50. The zero-order chi connectivity index (χ0) is 14.9. The average Bonchev–Trinajstić information content (AvgIpc) is 2.53. The van der Waals surface area contributed by atoms with Crippen LogP contribution in [-0.4, -0.2) is 54.7 Å². The van der Waals surface area contributed by atoms with Gasteiger partial charge in [-0.05, 0) is 12.0 Å². The van der Waals surface area contributed by atoms with Gasteiger partial charge >= 0.3 is 0 Å². The molecule has 1 unspecified atom stereocenters. The molecule has 1 aliphatic rings. The highest BCUT2D eigenvalue weighted by Gasteiger charge is 2.18. The molecule has 1 heterocycles. The molecule has 21 heavy (non-hydrogen) atoms. The Labute approximate surface area is 126 Å². The minimum Gasteiger partial charge on any atom is -0.391 e. The molecular formula is C16H24N2O3. The Hall–Kier alpha value is -1.43. The highest BCUT2D eigenvalue weighted by Crippen LogP contribution is 2.05. The van der Waals surface area contributed by atoms with Crippen LogP contribution in [0.15, 0.2) is 35.5 Å². The second-order valence-electron chi connectivity index (χ2n) is 5.12. The number of nitrogens with zero attached hydrogens (tertiary/aromatic N) is 2. The largest absolute Gasteiger partial charge is 0.391 e. The first-order valence-corrected chi connectivity index (χ1v) is 7.50. The van der Waals surface area contributed by atoms with E-state index >= 15 is 0 Å².